The van der Waals surface area contributed by atoms with Gasteiger partial charge in [0.15, 0.2) is 0 Å². The molecule has 21 heavy (non-hydrogen) atoms. The van der Waals surface area contributed by atoms with Crippen LogP contribution in [0.3, 0.4) is 0 Å². The van der Waals surface area contributed by atoms with Crippen molar-refractivity contribution in [3.05, 3.63) is 56.5 Å². The van der Waals surface area contributed by atoms with Crippen LogP contribution in [-0.4, -0.2) is 26.9 Å². The van der Waals surface area contributed by atoms with Crippen LogP contribution in [-0.2, 0) is 13.1 Å². The number of fused-ring (bicyclic) bond motifs is 1. The second-order valence-electron chi connectivity index (χ2n) is 5.05. The van der Waals surface area contributed by atoms with Gasteiger partial charge in [-0.3, -0.25) is 9.69 Å². The molecule has 1 aromatic carbocycles. The van der Waals surface area contributed by atoms with E-state index in [2.05, 4.69) is 19.9 Å². The first kappa shape index (κ1) is 13.9. The SMILES string of the molecule is Cc1ncc(CN(C)Cc2nc3ccccc3c(=O)[nH]2)s1. The van der Waals surface area contributed by atoms with Crippen molar-refractivity contribution in [2.45, 2.75) is 20.0 Å². The van der Waals surface area contributed by atoms with Crippen LogP contribution in [0.25, 0.3) is 10.9 Å². The zero-order chi connectivity index (χ0) is 14.8. The molecule has 0 spiro atoms. The van der Waals surface area contributed by atoms with Crippen molar-refractivity contribution >= 4 is 22.2 Å². The predicted molar refractivity (Wildman–Crippen MR) is 84.4 cm³/mol. The maximum absolute atomic E-state index is 12.0. The van der Waals surface area contributed by atoms with Crippen LogP contribution >= 0.6 is 11.3 Å². The number of aryl methyl sites for hydroxylation is 1. The average Bonchev–Trinajstić information content (AvgIpc) is 2.84. The van der Waals surface area contributed by atoms with Crippen molar-refractivity contribution in [3.8, 4) is 0 Å². The van der Waals surface area contributed by atoms with Gasteiger partial charge in [0, 0.05) is 17.6 Å². The average molecular weight is 300 g/mol. The summed E-state index contributed by atoms with van der Waals surface area (Å²) in [5, 5.41) is 1.69. The molecule has 0 unspecified atom stereocenters. The molecular weight excluding hydrogens is 284 g/mol. The number of para-hydroxylation sites is 1. The van der Waals surface area contributed by atoms with E-state index in [9.17, 15) is 4.79 Å². The molecule has 2 heterocycles. The summed E-state index contributed by atoms with van der Waals surface area (Å²) in [6, 6.07) is 7.38. The Hall–Kier alpha value is -2.05. The smallest absolute Gasteiger partial charge is 0.258 e. The highest BCUT2D eigenvalue weighted by atomic mass is 32.1. The molecule has 6 heteroatoms. The van der Waals surface area contributed by atoms with Gasteiger partial charge in [0.25, 0.3) is 5.56 Å². The van der Waals surface area contributed by atoms with Gasteiger partial charge in [-0.25, -0.2) is 9.97 Å². The first-order valence-electron chi connectivity index (χ1n) is 6.69. The molecule has 0 aliphatic carbocycles. The van der Waals surface area contributed by atoms with Crippen molar-refractivity contribution in [2.24, 2.45) is 0 Å². The number of nitrogens with zero attached hydrogens (tertiary/aromatic N) is 3. The molecule has 1 N–H and O–H groups in total. The zero-order valence-corrected chi connectivity index (χ0v) is 12.8. The minimum absolute atomic E-state index is 0.0855. The number of benzene rings is 1. The molecule has 3 rings (SSSR count). The van der Waals surface area contributed by atoms with Gasteiger partial charge < -0.3 is 4.98 Å². The van der Waals surface area contributed by atoms with Crippen molar-refractivity contribution in [3.63, 3.8) is 0 Å². The Bertz CT molecular complexity index is 824. The minimum atomic E-state index is -0.0855. The lowest BCUT2D eigenvalue weighted by Crippen LogP contribution is -2.21. The van der Waals surface area contributed by atoms with Gasteiger partial charge in [-0.15, -0.1) is 11.3 Å². The summed E-state index contributed by atoms with van der Waals surface area (Å²) in [6.45, 7) is 3.38. The van der Waals surface area contributed by atoms with E-state index in [0.717, 1.165) is 17.1 Å². The molecule has 108 valence electrons. The van der Waals surface area contributed by atoms with Crippen LogP contribution in [0, 0.1) is 6.92 Å². The quantitative estimate of drug-likeness (QED) is 0.803. The highest BCUT2D eigenvalue weighted by Gasteiger charge is 2.08. The maximum atomic E-state index is 12.0. The Balaban J connectivity index is 1.79. The standard InChI is InChI=1S/C15H16N4OS/c1-10-16-7-11(21-10)8-19(2)9-14-17-13-6-4-3-5-12(13)15(20)18-14/h3-7H,8-9H2,1-2H3,(H,17,18,20). The summed E-state index contributed by atoms with van der Waals surface area (Å²) in [5.74, 6) is 0.683. The second-order valence-corrected chi connectivity index (χ2v) is 6.37. The van der Waals surface area contributed by atoms with E-state index in [1.807, 2.05) is 38.4 Å². The third kappa shape index (κ3) is 3.17. The highest BCUT2D eigenvalue weighted by molar-refractivity contribution is 7.11. The first-order valence-corrected chi connectivity index (χ1v) is 7.51. The summed E-state index contributed by atoms with van der Waals surface area (Å²) in [7, 11) is 2.00. The number of aromatic amines is 1. The highest BCUT2D eigenvalue weighted by Crippen LogP contribution is 2.14. The fraction of sp³-hybridized carbons (Fsp3) is 0.267. The van der Waals surface area contributed by atoms with E-state index in [1.165, 1.54) is 4.88 Å². The summed E-state index contributed by atoms with van der Waals surface area (Å²) < 4.78 is 0. The molecule has 2 aromatic heterocycles. The molecule has 0 aliphatic heterocycles. The zero-order valence-electron chi connectivity index (χ0n) is 12.0. The van der Waals surface area contributed by atoms with Crippen molar-refractivity contribution in [1.29, 1.82) is 0 Å². The number of H-pyrrole nitrogens is 1. The van der Waals surface area contributed by atoms with E-state index in [1.54, 1.807) is 17.4 Å². The monoisotopic (exact) mass is 300 g/mol. The Morgan fingerprint density at radius 1 is 1.29 bits per heavy atom. The predicted octanol–water partition coefficient (Wildman–Crippen LogP) is 2.32. The van der Waals surface area contributed by atoms with Gasteiger partial charge in [0.2, 0.25) is 0 Å². The topological polar surface area (TPSA) is 61.9 Å². The van der Waals surface area contributed by atoms with Gasteiger partial charge in [-0.2, -0.15) is 0 Å². The van der Waals surface area contributed by atoms with Crippen LogP contribution in [0.2, 0.25) is 0 Å². The molecule has 0 saturated carbocycles. The largest absolute Gasteiger partial charge is 0.309 e. The molecule has 0 aliphatic rings. The fourth-order valence-electron chi connectivity index (χ4n) is 2.27. The van der Waals surface area contributed by atoms with E-state index >= 15 is 0 Å². The Morgan fingerprint density at radius 2 is 2.10 bits per heavy atom. The fourth-order valence-corrected chi connectivity index (χ4v) is 3.14. The molecule has 0 fully saturated rings. The Labute approximate surface area is 126 Å². The van der Waals surface area contributed by atoms with E-state index < -0.39 is 0 Å². The normalized spacial score (nSPS) is 11.4. The van der Waals surface area contributed by atoms with E-state index in [0.29, 0.717) is 17.8 Å². The Kier molecular flexibility index (Phi) is 3.81. The molecule has 3 aromatic rings. The van der Waals surface area contributed by atoms with Crippen molar-refractivity contribution in [1.82, 2.24) is 19.9 Å². The first-order chi connectivity index (χ1) is 10.1. The van der Waals surface area contributed by atoms with Crippen LogP contribution < -0.4 is 5.56 Å². The van der Waals surface area contributed by atoms with Crippen molar-refractivity contribution < 1.29 is 0 Å². The summed E-state index contributed by atoms with van der Waals surface area (Å²) >= 11 is 1.69. The van der Waals surface area contributed by atoms with Crippen LogP contribution in [0.5, 0.6) is 0 Å². The summed E-state index contributed by atoms with van der Waals surface area (Å²) in [4.78, 5) is 27.0. The van der Waals surface area contributed by atoms with Crippen LogP contribution in [0.1, 0.15) is 15.7 Å². The molecule has 0 atom stereocenters. The van der Waals surface area contributed by atoms with Crippen molar-refractivity contribution in [2.75, 3.05) is 7.05 Å². The van der Waals surface area contributed by atoms with Gasteiger partial charge in [0.1, 0.15) is 5.82 Å². The molecule has 0 saturated heterocycles. The molecule has 0 radical (unpaired) electrons. The van der Waals surface area contributed by atoms with Crippen LogP contribution in [0.4, 0.5) is 0 Å². The summed E-state index contributed by atoms with van der Waals surface area (Å²) in [6.07, 6.45) is 1.90. The third-order valence-electron chi connectivity index (χ3n) is 3.18. The number of rotatable bonds is 4. The molecular formula is C15H16N4OS. The van der Waals surface area contributed by atoms with Gasteiger partial charge >= 0.3 is 0 Å². The van der Waals surface area contributed by atoms with Crippen LogP contribution in [0.15, 0.2) is 35.3 Å². The maximum Gasteiger partial charge on any atom is 0.258 e. The lowest BCUT2D eigenvalue weighted by molar-refractivity contribution is 0.313. The van der Waals surface area contributed by atoms with E-state index in [-0.39, 0.29) is 5.56 Å². The minimum Gasteiger partial charge on any atom is -0.309 e. The number of nitrogens with one attached hydrogen (secondary N) is 1. The summed E-state index contributed by atoms with van der Waals surface area (Å²) in [5.41, 5.74) is 0.649. The molecule has 0 bridgehead atoms. The van der Waals surface area contributed by atoms with E-state index in [4.69, 9.17) is 0 Å². The Morgan fingerprint density at radius 3 is 2.86 bits per heavy atom. The number of hydrogen-bond acceptors (Lipinski definition) is 5. The third-order valence-corrected chi connectivity index (χ3v) is 4.07. The van der Waals surface area contributed by atoms with Gasteiger partial charge in [0.05, 0.1) is 22.5 Å². The lowest BCUT2D eigenvalue weighted by Gasteiger charge is -2.14. The number of hydrogen-bond donors (Lipinski definition) is 1. The number of thiazole rings is 1. The second kappa shape index (κ2) is 5.75. The van der Waals surface area contributed by atoms with Gasteiger partial charge in [-0.05, 0) is 26.1 Å². The molecule has 5 nitrogen and oxygen atoms in total. The lowest BCUT2D eigenvalue weighted by atomic mass is 10.2. The number of aromatic nitrogens is 3. The molecule has 0 amide bonds. The van der Waals surface area contributed by atoms with Gasteiger partial charge in [-0.1, -0.05) is 12.1 Å².